The lowest BCUT2D eigenvalue weighted by Gasteiger charge is -2.33. The van der Waals surface area contributed by atoms with Gasteiger partial charge in [-0.1, -0.05) is 63.2 Å². The number of thiophene rings is 1. The topological polar surface area (TPSA) is 68.3 Å². The van der Waals surface area contributed by atoms with Crippen LogP contribution < -0.4 is 5.32 Å². The molecule has 1 aliphatic rings. The Kier molecular flexibility index (Phi) is 7.10. The van der Waals surface area contributed by atoms with Crippen molar-refractivity contribution in [1.82, 2.24) is 4.98 Å². The maximum atomic E-state index is 13.9. The largest absolute Gasteiger partial charge is 0.462 e. The van der Waals surface area contributed by atoms with Gasteiger partial charge in [0, 0.05) is 15.8 Å². The first-order valence-corrected chi connectivity index (χ1v) is 14.1. The molecule has 2 heterocycles. The summed E-state index contributed by atoms with van der Waals surface area (Å²) in [4.78, 5) is 33.0. The highest BCUT2D eigenvalue weighted by atomic mass is 32.1. The number of carbonyl (C=O) groups excluding carboxylic acids is 2. The lowest BCUT2D eigenvalue weighted by molar-refractivity contribution is 0.0526. The number of para-hydroxylation sites is 1. The number of hydrogen-bond donors (Lipinski definition) is 1. The zero-order valence-electron chi connectivity index (χ0n) is 22.7. The average molecular weight is 527 g/mol. The third-order valence-corrected chi connectivity index (χ3v) is 8.75. The van der Waals surface area contributed by atoms with Gasteiger partial charge in [0.1, 0.15) is 5.00 Å². The van der Waals surface area contributed by atoms with Gasteiger partial charge in [0.2, 0.25) is 0 Å². The summed E-state index contributed by atoms with van der Waals surface area (Å²) in [6, 6.07) is 17.6. The van der Waals surface area contributed by atoms with Gasteiger partial charge >= 0.3 is 5.97 Å². The van der Waals surface area contributed by atoms with Crippen LogP contribution in [0, 0.1) is 18.3 Å². The molecule has 1 amide bonds. The highest BCUT2D eigenvalue weighted by Gasteiger charge is 2.34. The van der Waals surface area contributed by atoms with E-state index in [1.165, 1.54) is 16.2 Å². The molecule has 1 N–H and O–H groups in total. The lowest BCUT2D eigenvalue weighted by Crippen LogP contribution is -2.26. The molecule has 0 saturated carbocycles. The second-order valence-corrected chi connectivity index (χ2v) is 12.2. The van der Waals surface area contributed by atoms with E-state index in [2.05, 4.69) is 26.1 Å². The first-order chi connectivity index (χ1) is 18.2. The van der Waals surface area contributed by atoms with Crippen LogP contribution in [0.25, 0.3) is 22.2 Å². The molecule has 1 aliphatic carbocycles. The van der Waals surface area contributed by atoms with Crippen molar-refractivity contribution in [3.63, 3.8) is 0 Å². The van der Waals surface area contributed by atoms with Crippen LogP contribution in [0.3, 0.4) is 0 Å². The standard InChI is InChI=1S/C32H34N2O3S/c1-6-37-31(36)28-23-16-15-20(32(3,4)5)17-27(23)38-30(28)34-29(35)24-18-26(21-12-8-7-11-19(21)2)33-25-14-10-9-13-22(24)25/h7-14,18,20H,6,15-17H2,1-5H3,(H,34,35). The third kappa shape index (κ3) is 4.97. The number of nitrogens with one attached hydrogen (secondary N) is 1. The van der Waals surface area contributed by atoms with Gasteiger partial charge < -0.3 is 10.1 Å². The number of carbonyl (C=O) groups is 2. The Morgan fingerprint density at radius 1 is 1.11 bits per heavy atom. The van der Waals surface area contributed by atoms with E-state index >= 15 is 0 Å². The van der Waals surface area contributed by atoms with Gasteiger partial charge in [-0.25, -0.2) is 9.78 Å². The van der Waals surface area contributed by atoms with Crippen molar-refractivity contribution in [3.8, 4) is 11.3 Å². The van der Waals surface area contributed by atoms with E-state index in [0.29, 0.717) is 22.0 Å². The van der Waals surface area contributed by atoms with Crippen LogP contribution >= 0.6 is 11.3 Å². The number of benzene rings is 2. The molecular formula is C32H34N2O3S. The zero-order chi connectivity index (χ0) is 27.0. The molecule has 0 aliphatic heterocycles. The van der Waals surface area contributed by atoms with Crippen molar-refractivity contribution >= 4 is 39.1 Å². The molecule has 6 heteroatoms. The maximum Gasteiger partial charge on any atom is 0.341 e. The summed E-state index contributed by atoms with van der Waals surface area (Å²) in [6.07, 6.45) is 2.73. The van der Waals surface area contributed by atoms with Crippen LogP contribution in [0.4, 0.5) is 5.00 Å². The number of amides is 1. The van der Waals surface area contributed by atoms with Crippen LogP contribution in [0.1, 0.15) is 70.8 Å². The minimum Gasteiger partial charge on any atom is -0.462 e. The molecule has 1 unspecified atom stereocenters. The zero-order valence-corrected chi connectivity index (χ0v) is 23.5. The molecule has 2 aromatic carbocycles. The lowest BCUT2D eigenvalue weighted by atomic mass is 9.72. The minimum absolute atomic E-state index is 0.178. The van der Waals surface area contributed by atoms with Crippen molar-refractivity contribution < 1.29 is 14.3 Å². The van der Waals surface area contributed by atoms with Crippen LogP contribution in [0.5, 0.6) is 0 Å². The average Bonchev–Trinajstić information content (AvgIpc) is 3.25. The van der Waals surface area contributed by atoms with E-state index in [1.807, 2.05) is 61.5 Å². The number of aromatic nitrogens is 1. The number of nitrogens with zero attached hydrogens (tertiary/aromatic N) is 1. The molecular weight excluding hydrogens is 492 g/mol. The molecule has 0 fully saturated rings. The fourth-order valence-electron chi connectivity index (χ4n) is 5.36. The number of pyridine rings is 1. The predicted octanol–water partition coefficient (Wildman–Crippen LogP) is 7.85. The van der Waals surface area contributed by atoms with Gasteiger partial charge in [-0.05, 0) is 67.7 Å². The van der Waals surface area contributed by atoms with Crippen LogP contribution in [-0.2, 0) is 17.6 Å². The summed E-state index contributed by atoms with van der Waals surface area (Å²) in [5.74, 6) is -0.0993. The quantitative estimate of drug-likeness (QED) is 0.269. The van der Waals surface area contributed by atoms with Crippen LogP contribution in [0.15, 0.2) is 54.6 Å². The highest BCUT2D eigenvalue weighted by Crippen LogP contribution is 2.44. The van der Waals surface area contributed by atoms with Crippen molar-refractivity contribution in [2.75, 3.05) is 11.9 Å². The Morgan fingerprint density at radius 3 is 2.58 bits per heavy atom. The normalized spacial score (nSPS) is 15.2. The van der Waals surface area contributed by atoms with Crippen molar-refractivity contribution in [2.45, 2.75) is 53.9 Å². The number of anilines is 1. The Labute approximate surface area is 228 Å². The summed E-state index contributed by atoms with van der Waals surface area (Å²) in [5.41, 5.74) is 5.83. The summed E-state index contributed by atoms with van der Waals surface area (Å²) >= 11 is 1.52. The van der Waals surface area contributed by atoms with E-state index in [-0.39, 0.29) is 23.9 Å². The van der Waals surface area contributed by atoms with E-state index in [0.717, 1.165) is 52.5 Å². The Bertz CT molecular complexity index is 1530. The van der Waals surface area contributed by atoms with E-state index in [9.17, 15) is 9.59 Å². The number of rotatable bonds is 5. The van der Waals surface area contributed by atoms with Crippen molar-refractivity contribution in [1.29, 1.82) is 0 Å². The molecule has 0 spiro atoms. The molecule has 1 atom stereocenters. The fourth-order valence-corrected chi connectivity index (χ4v) is 6.67. The predicted molar refractivity (Wildman–Crippen MR) is 155 cm³/mol. The first-order valence-electron chi connectivity index (χ1n) is 13.3. The Balaban J connectivity index is 1.57. The molecule has 5 rings (SSSR count). The van der Waals surface area contributed by atoms with Crippen LogP contribution in [-0.4, -0.2) is 23.5 Å². The molecule has 0 bridgehead atoms. The second-order valence-electron chi connectivity index (χ2n) is 11.1. The smallest absolute Gasteiger partial charge is 0.341 e. The fraction of sp³-hybridized carbons (Fsp3) is 0.344. The number of hydrogen-bond acceptors (Lipinski definition) is 5. The van der Waals surface area contributed by atoms with Crippen molar-refractivity contribution in [3.05, 3.63) is 81.7 Å². The van der Waals surface area contributed by atoms with Gasteiger partial charge in [0.15, 0.2) is 0 Å². The molecule has 4 aromatic rings. The summed E-state index contributed by atoms with van der Waals surface area (Å²) in [5, 5.41) is 4.46. The maximum absolute atomic E-state index is 13.9. The number of ether oxygens (including phenoxy) is 1. The Hall–Kier alpha value is -3.51. The van der Waals surface area contributed by atoms with Gasteiger partial charge in [-0.3, -0.25) is 4.79 Å². The molecule has 5 nitrogen and oxygen atoms in total. The van der Waals surface area contributed by atoms with E-state index in [4.69, 9.17) is 9.72 Å². The van der Waals surface area contributed by atoms with Crippen LogP contribution in [0.2, 0.25) is 0 Å². The third-order valence-electron chi connectivity index (χ3n) is 7.58. The van der Waals surface area contributed by atoms with Gasteiger partial charge in [-0.2, -0.15) is 0 Å². The number of aryl methyl sites for hydroxylation is 1. The van der Waals surface area contributed by atoms with Crippen molar-refractivity contribution in [2.24, 2.45) is 11.3 Å². The SMILES string of the molecule is CCOC(=O)c1c(NC(=O)c2cc(-c3ccccc3C)nc3ccccc23)sc2c1CCC(C(C)(C)C)C2. The highest BCUT2D eigenvalue weighted by molar-refractivity contribution is 7.17. The molecule has 2 aromatic heterocycles. The minimum atomic E-state index is -0.366. The molecule has 196 valence electrons. The monoisotopic (exact) mass is 526 g/mol. The molecule has 0 radical (unpaired) electrons. The number of esters is 1. The van der Waals surface area contributed by atoms with Gasteiger partial charge in [-0.15, -0.1) is 11.3 Å². The summed E-state index contributed by atoms with van der Waals surface area (Å²) < 4.78 is 5.44. The van der Waals surface area contributed by atoms with E-state index < -0.39 is 0 Å². The second kappa shape index (κ2) is 10.3. The van der Waals surface area contributed by atoms with Gasteiger partial charge in [0.05, 0.1) is 28.9 Å². The molecule has 38 heavy (non-hydrogen) atoms. The summed E-state index contributed by atoms with van der Waals surface area (Å²) in [6.45, 7) is 10.9. The summed E-state index contributed by atoms with van der Waals surface area (Å²) in [7, 11) is 0. The number of fused-ring (bicyclic) bond motifs is 2. The Morgan fingerprint density at radius 2 is 1.84 bits per heavy atom. The van der Waals surface area contributed by atoms with E-state index in [1.54, 1.807) is 6.92 Å². The first kappa shape index (κ1) is 26.1. The van der Waals surface area contributed by atoms with Gasteiger partial charge in [0.25, 0.3) is 5.91 Å². The molecule has 0 saturated heterocycles.